The first-order valence-electron chi connectivity index (χ1n) is 6.69. The molecule has 1 unspecified atom stereocenters. The van der Waals surface area contributed by atoms with Crippen LogP contribution >= 0.6 is 0 Å². The molecular formula is C13H19N3O4. The van der Waals surface area contributed by atoms with Crippen LogP contribution in [0.3, 0.4) is 0 Å². The molecule has 1 aliphatic rings. The number of aromatic nitrogens is 2. The van der Waals surface area contributed by atoms with Gasteiger partial charge in [0.05, 0.1) is 6.10 Å². The van der Waals surface area contributed by atoms with Gasteiger partial charge in [-0.2, -0.15) is 5.10 Å². The molecule has 1 aliphatic heterocycles. The van der Waals surface area contributed by atoms with Gasteiger partial charge < -0.3 is 14.7 Å². The van der Waals surface area contributed by atoms with E-state index < -0.39 is 5.97 Å². The van der Waals surface area contributed by atoms with Crippen molar-refractivity contribution < 1.29 is 19.4 Å². The molecule has 1 aromatic heterocycles. The van der Waals surface area contributed by atoms with E-state index in [9.17, 15) is 9.59 Å². The van der Waals surface area contributed by atoms with Gasteiger partial charge in [0.25, 0.3) is 0 Å². The van der Waals surface area contributed by atoms with Crippen molar-refractivity contribution in [1.29, 1.82) is 0 Å². The molecule has 20 heavy (non-hydrogen) atoms. The fourth-order valence-corrected chi connectivity index (χ4v) is 2.32. The van der Waals surface area contributed by atoms with Gasteiger partial charge in [-0.1, -0.05) is 0 Å². The largest absolute Gasteiger partial charge is 0.480 e. The summed E-state index contributed by atoms with van der Waals surface area (Å²) in [6, 6.07) is 1.47. The number of ether oxygens (including phenoxy) is 1. The van der Waals surface area contributed by atoms with Gasteiger partial charge in [-0.05, 0) is 25.8 Å². The number of carbonyl (C=O) groups is 2. The first-order valence-corrected chi connectivity index (χ1v) is 6.69. The van der Waals surface area contributed by atoms with Crippen LogP contribution in [0, 0.1) is 0 Å². The van der Waals surface area contributed by atoms with Crippen LogP contribution in [0.2, 0.25) is 0 Å². The summed E-state index contributed by atoms with van der Waals surface area (Å²) in [5, 5.41) is 12.6. The van der Waals surface area contributed by atoms with Crippen LogP contribution in [0.1, 0.15) is 25.8 Å². The van der Waals surface area contributed by atoms with Gasteiger partial charge in [0, 0.05) is 25.5 Å². The van der Waals surface area contributed by atoms with Gasteiger partial charge >= 0.3 is 5.97 Å². The molecule has 1 aromatic rings. The highest BCUT2D eigenvalue weighted by Gasteiger charge is 2.27. The van der Waals surface area contributed by atoms with E-state index in [0.717, 1.165) is 0 Å². The average molecular weight is 281 g/mol. The van der Waals surface area contributed by atoms with Crippen molar-refractivity contribution in [3.63, 3.8) is 0 Å². The molecule has 0 aromatic carbocycles. The number of likely N-dealkylation sites (tertiary alicyclic amines) is 1. The number of carbonyl (C=O) groups excluding carboxylic acids is 1. The number of amides is 1. The van der Waals surface area contributed by atoms with Crippen molar-refractivity contribution >= 4 is 11.9 Å². The van der Waals surface area contributed by atoms with Gasteiger partial charge in [-0.15, -0.1) is 0 Å². The molecule has 2 heterocycles. The van der Waals surface area contributed by atoms with Crippen LogP contribution in [0.5, 0.6) is 0 Å². The average Bonchev–Trinajstić information content (AvgIpc) is 2.98. The maximum atomic E-state index is 12.3. The zero-order chi connectivity index (χ0) is 14.5. The van der Waals surface area contributed by atoms with E-state index in [1.165, 1.54) is 0 Å². The van der Waals surface area contributed by atoms with E-state index in [0.29, 0.717) is 25.9 Å². The Morgan fingerprint density at radius 2 is 2.15 bits per heavy atom. The summed E-state index contributed by atoms with van der Waals surface area (Å²) < 4.78 is 6.88. The molecule has 7 heteroatoms. The number of hydrogen-bond donors (Lipinski definition) is 1. The molecule has 0 aliphatic carbocycles. The summed E-state index contributed by atoms with van der Waals surface area (Å²) in [6.45, 7) is 2.73. The Kier molecular flexibility index (Phi) is 4.73. The third-order valence-electron chi connectivity index (χ3n) is 3.48. The maximum absolute atomic E-state index is 12.3. The lowest BCUT2D eigenvalue weighted by atomic mass is 10.1. The second kappa shape index (κ2) is 6.51. The van der Waals surface area contributed by atoms with E-state index in [2.05, 4.69) is 5.10 Å². The zero-order valence-electron chi connectivity index (χ0n) is 11.4. The Bertz CT molecular complexity index is 452. The second-order valence-corrected chi connectivity index (χ2v) is 4.89. The van der Waals surface area contributed by atoms with Crippen molar-refractivity contribution in [2.75, 3.05) is 19.7 Å². The Hall–Kier alpha value is -1.89. The maximum Gasteiger partial charge on any atom is 0.329 e. The first-order chi connectivity index (χ1) is 9.58. The van der Waals surface area contributed by atoms with Crippen LogP contribution in [-0.4, -0.2) is 57.5 Å². The summed E-state index contributed by atoms with van der Waals surface area (Å²) in [5.41, 5.74) is 0. The lowest BCUT2D eigenvalue weighted by molar-refractivity contribution is -0.147. The SMILES string of the molecule is CC(C(=O)N1CCC(OCC(=O)O)CC1)n1cccn1. The normalized spacial score (nSPS) is 17.9. The van der Waals surface area contributed by atoms with Crippen molar-refractivity contribution in [3.8, 4) is 0 Å². The number of carboxylic acids is 1. The molecule has 2 rings (SSSR count). The van der Waals surface area contributed by atoms with Gasteiger partial charge in [-0.3, -0.25) is 9.48 Å². The molecule has 0 saturated carbocycles. The number of nitrogens with zero attached hydrogens (tertiary/aromatic N) is 3. The Morgan fingerprint density at radius 1 is 1.45 bits per heavy atom. The van der Waals surface area contributed by atoms with Crippen LogP contribution < -0.4 is 0 Å². The van der Waals surface area contributed by atoms with Crippen molar-refractivity contribution in [3.05, 3.63) is 18.5 Å². The third-order valence-corrected chi connectivity index (χ3v) is 3.48. The molecule has 1 N–H and O–H groups in total. The quantitative estimate of drug-likeness (QED) is 0.851. The van der Waals surface area contributed by atoms with Gasteiger partial charge in [0.15, 0.2) is 0 Å². The van der Waals surface area contributed by atoms with E-state index in [1.807, 2.05) is 6.92 Å². The predicted octanol–water partition coefficient (Wildman–Crippen LogP) is 0.536. The Labute approximate surface area is 117 Å². The smallest absolute Gasteiger partial charge is 0.329 e. The molecule has 110 valence electrons. The van der Waals surface area contributed by atoms with Crippen LogP contribution in [0.15, 0.2) is 18.5 Å². The summed E-state index contributed by atoms with van der Waals surface area (Å²) >= 11 is 0. The van der Waals surface area contributed by atoms with Gasteiger partial charge in [0.2, 0.25) is 5.91 Å². The van der Waals surface area contributed by atoms with Crippen molar-refractivity contribution in [2.45, 2.75) is 31.9 Å². The molecule has 0 radical (unpaired) electrons. The molecule has 1 fully saturated rings. The summed E-state index contributed by atoms with van der Waals surface area (Å²) in [7, 11) is 0. The fraction of sp³-hybridized carbons (Fsp3) is 0.615. The Balaban J connectivity index is 1.81. The lowest BCUT2D eigenvalue weighted by Gasteiger charge is -2.33. The van der Waals surface area contributed by atoms with Gasteiger partial charge in [-0.25, -0.2) is 4.79 Å². The Morgan fingerprint density at radius 3 is 2.70 bits per heavy atom. The second-order valence-electron chi connectivity index (χ2n) is 4.89. The van der Waals surface area contributed by atoms with Crippen LogP contribution in [0.4, 0.5) is 0 Å². The minimum Gasteiger partial charge on any atom is -0.480 e. The van der Waals surface area contributed by atoms with E-state index >= 15 is 0 Å². The van der Waals surface area contributed by atoms with Crippen LogP contribution in [0.25, 0.3) is 0 Å². The summed E-state index contributed by atoms with van der Waals surface area (Å²) in [6.07, 6.45) is 4.69. The molecular weight excluding hydrogens is 262 g/mol. The molecule has 7 nitrogen and oxygen atoms in total. The molecule has 0 bridgehead atoms. The highest BCUT2D eigenvalue weighted by atomic mass is 16.5. The molecule has 0 spiro atoms. The highest BCUT2D eigenvalue weighted by molar-refractivity contribution is 5.80. The highest BCUT2D eigenvalue weighted by Crippen LogP contribution is 2.17. The molecule has 1 saturated heterocycles. The minimum absolute atomic E-state index is 0.0328. The zero-order valence-corrected chi connectivity index (χ0v) is 11.4. The third kappa shape index (κ3) is 3.57. The number of piperidine rings is 1. The number of rotatable bonds is 5. The monoisotopic (exact) mass is 281 g/mol. The summed E-state index contributed by atoms with van der Waals surface area (Å²) in [4.78, 5) is 24.5. The topological polar surface area (TPSA) is 84.7 Å². The number of aliphatic carboxylic acids is 1. The number of carboxylic acid groups (broad SMARTS) is 1. The first kappa shape index (κ1) is 14.5. The fourth-order valence-electron chi connectivity index (χ4n) is 2.32. The standard InChI is InChI=1S/C13H19N3O4/c1-10(16-6-2-5-14-16)13(19)15-7-3-11(4-8-15)20-9-12(17)18/h2,5-6,10-11H,3-4,7-9H2,1H3,(H,17,18). The molecule has 1 atom stereocenters. The minimum atomic E-state index is -0.962. The lowest BCUT2D eigenvalue weighted by Crippen LogP contribution is -2.44. The predicted molar refractivity (Wildman–Crippen MR) is 70.1 cm³/mol. The molecule has 1 amide bonds. The van der Waals surface area contributed by atoms with Crippen molar-refractivity contribution in [1.82, 2.24) is 14.7 Å². The number of hydrogen-bond acceptors (Lipinski definition) is 4. The van der Waals surface area contributed by atoms with Crippen LogP contribution in [-0.2, 0) is 14.3 Å². The van der Waals surface area contributed by atoms with Gasteiger partial charge in [0.1, 0.15) is 12.6 Å². The van der Waals surface area contributed by atoms with E-state index in [1.54, 1.807) is 28.0 Å². The summed E-state index contributed by atoms with van der Waals surface area (Å²) in [5.74, 6) is -0.929. The van der Waals surface area contributed by atoms with E-state index in [4.69, 9.17) is 9.84 Å². The van der Waals surface area contributed by atoms with E-state index in [-0.39, 0.29) is 24.7 Å². The van der Waals surface area contributed by atoms with Crippen molar-refractivity contribution in [2.24, 2.45) is 0 Å².